The van der Waals surface area contributed by atoms with Gasteiger partial charge in [-0.15, -0.1) is 0 Å². The van der Waals surface area contributed by atoms with Crippen LogP contribution >= 0.6 is 15.9 Å². The molecule has 3 N–H and O–H groups in total. The first kappa shape index (κ1) is 18.1. The average molecular weight is 393 g/mol. The largest absolute Gasteiger partial charge is 0.495 e. The summed E-state index contributed by atoms with van der Waals surface area (Å²) in [5.41, 5.74) is 6.99. The SMILES string of the molecule is COc1ccc(NC(=O)CCCCOc2ccc(Br)cc2)cc1N. The fourth-order valence-electron chi connectivity index (χ4n) is 2.14. The summed E-state index contributed by atoms with van der Waals surface area (Å²) in [6, 6.07) is 12.9. The molecular weight excluding hydrogens is 372 g/mol. The zero-order valence-corrected chi connectivity index (χ0v) is 15.1. The normalized spacial score (nSPS) is 10.2. The van der Waals surface area contributed by atoms with Gasteiger partial charge >= 0.3 is 0 Å². The summed E-state index contributed by atoms with van der Waals surface area (Å²) >= 11 is 3.38. The second kappa shape index (κ2) is 9.17. The number of carbonyl (C=O) groups excluding carboxylic acids is 1. The van der Waals surface area contributed by atoms with Crippen molar-refractivity contribution in [3.8, 4) is 11.5 Å². The first-order valence-electron chi connectivity index (χ1n) is 7.70. The van der Waals surface area contributed by atoms with Crippen LogP contribution in [0.1, 0.15) is 19.3 Å². The van der Waals surface area contributed by atoms with E-state index in [2.05, 4.69) is 21.2 Å². The van der Waals surface area contributed by atoms with Crippen LogP contribution in [0.15, 0.2) is 46.9 Å². The minimum absolute atomic E-state index is 0.0387. The van der Waals surface area contributed by atoms with Crippen LogP contribution in [-0.2, 0) is 4.79 Å². The highest BCUT2D eigenvalue weighted by Gasteiger charge is 2.05. The number of rotatable bonds is 8. The summed E-state index contributed by atoms with van der Waals surface area (Å²) in [7, 11) is 1.56. The van der Waals surface area contributed by atoms with Gasteiger partial charge in [-0.05, 0) is 55.3 Å². The Balaban J connectivity index is 1.66. The number of hydrogen-bond donors (Lipinski definition) is 2. The van der Waals surface area contributed by atoms with Crippen LogP contribution in [0, 0.1) is 0 Å². The molecule has 0 saturated heterocycles. The van der Waals surface area contributed by atoms with Crippen LogP contribution in [-0.4, -0.2) is 19.6 Å². The van der Waals surface area contributed by atoms with Crippen molar-refractivity contribution in [1.29, 1.82) is 0 Å². The highest BCUT2D eigenvalue weighted by Crippen LogP contribution is 2.24. The van der Waals surface area contributed by atoms with Crippen molar-refractivity contribution < 1.29 is 14.3 Å². The Morgan fingerprint density at radius 3 is 2.58 bits per heavy atom. The van der Waals surface area contributed by atoms with Gasteiger partial charge in [0.2, 0.25) is 5.91 Å². The van der Waals surface area contributed by atoms with E-state index >= 15 is 0 Å². The molecule has 5 nitrogen and oxygen atoms in total. The van der Waals surface area contributed by atoms with Crippen LogP contribution in [0.3, 0.4) is 0 Å². The number of methoxy groups -OCH3 is 1. The van der Waals surface area contributed by atoms with E-state index in [0.717, 1.165) is 23.1 Å². The number of nitrogen functional groups attached to an aromatic ring is 1. The number of carbonyl (C=O) groups is 1. The third-order valence-corrected chi connectivity index (χ3v) is 3.92. The molecular formula is C18H21BrN2O3. The Morgan fingerprint density at radius 2 is 1.92 bits per heavy atom. The lowest BCUT2D eigenvalue weighted by atomic mass is 10.2. The van der Waals surface area contributed by atoms with Crippen LogP contribution < -0.4 is 20.5 Å². The number of ether oxygens (including phenoxy) is 2. The molecule has 24 heavy (non-hydrogen) atoms. The van der Waals surface area contributed by atoms with Crippen molar-refractivity contribution in [2.24, 2.45) is 0 Å². The standard InChI is InChI=1S/C18H21BrN2O3/c1-23-17-10-7-14(12-16(17)20)21-18(22)4-2-3-11-24-15-8-5-13(19)6-9-15/h5-10,12H,2-4,11,20H2,1H3,(H,21,22). The second-order valence-electron chi connectivity index (χ2n) is 5.26. The predicted molar refractivity (Wildman–Crippen MR) is 99.5 cm³/mol. The summed E-state index contributed by atoms with van der Waals surface area (Å²) in [5, 5.41) is 2.83. The van der Waals surface area contributed by atoms with E-state index in [4.69, 9.17) is 15.2 Å². The molecule has 0 atom stereocenters. The molecule has 0 bridgehead atoms. The van der Waals surface area contributed by atoms with E-state index in [1.54, 1.807) is 25.3 Å². The molecule has 0 radical (unpaired) electrons. The number of nitrogens with two attached hydrogens (primary N) is 1. The molecule has 0 aliphatic rings. The fourth-order valence-corrected chi connectivity index (χ4v) is 2.41. The summed E-state index contributed by atoms with van der Waals surface area (Å²) < 4.78 is 11.7. The van der Waals surface area contributed by atoms with Gasteiger partial charge in [0.25, 0.3) is 0 Å². The number of nitrogens with one attached hydrogen (secondary N) is 1. The molecule has 0 aliphatic heterocycles. The van der Waals surface area contributed by atoms with Gasteiger partial charge in [0, 0.05) is 16.6 Å². The molecule has 0 spiro atoms. The molecule has 0 saturated carbocycles. The van der Waals surface area contributed by atoms with Crippen LogP contribution in [0.25, 0.3) is 0 Å². The van der Waals surface area contributed by atoms with Gasteiger partial charge in [-0.3, -0.25) is 4.79 Å². The zero-order chi connectivity index (χ0) is 17.4. The van der Waals surface area contributed by atoms with E-state index < -0.39 is 0 Å². The summed E-state index contributed by atoms with van der Waals surface area (Å²) in [5.74, 6) is 1.39. The Labute approximate surface area is 150 Å². The lowest BCUT2D eigenvalue weighted by Crippen LogP contribution is -2.12. The maximum Gasteiger partial charge on any atom is 0.224 e. The lowest BCUT2D eigenvalue weighted by molar-refractivity contribution is -0.116. The van der Waals surface area contributed by atoms with E-state index in [1.165, 1.54) is 0 Å². The van der Waals surface area contributed by atoms with Gasteiger partial charge in [-0.25, -0.2) is 0 Å². The van der Waals surface area contributed by atoms with Gasteiger partial charge in [0.1, 0.15) is 11.5 Å². The third-order valence-electron chi connectivity index (χ3n) is 3.39. The Kier molecular flexibility index (Phi) is 6.93. The van der Waals surface area contributed by atoms with Gasteiger partial charge in [-0.2, -0.15) is 0 Å². The zero-order valence-electron chi connectivity index (χ0n) is 13.5. The summed E-state index contributed by atoms with van der Waals surface area (Å²) in [6.07, 6.45) is 2.01. The van der Waals surface area contributed by atoms with Crippen molar-refractivity contribution >= 4 is 33.2 Å². The molecule has 0 aliphatic carbocycles. The van der Waals surface area contributed by atoms with Crippen molar-refractivity contribution in [3.05, 3.63) is 46.9 Å². The molecule has 0 fully saturated rings. The smallest absolute Gasteiger partial charge is 0.224 e. The summed E-state index contributed by atoms with van der Waals surface area (Å²) in [6.45, 7) is 0.588. The third kappa shape index (κ3) is 5.77. The maximum atomic E-state index is 11.9. The number of benzene rings is 2. The van der Waals surface area contributed by atoms with Crippen molar-refractivity contribution in [1.82, 2.24) is 0 Å². The second-order valence-corrected chi connectivity index (χ2v) is 6.18. The minimum Gasteiger partial charge on any atom is -0.495 e. The number of hydrogen-bond acceptors (Lipinski definition) is 4. The Bertz CT molecular complexity index is 674. The molecule has 6 heteroatoms. The molecule has 2 rings (SSSR count). The van der Waals surface area contributed by atoms with E-state index in [0.29, 0.717) is 30.2 Å². The van der Waals surface area contributed by atoms with Gasteiger partial charge < -0.3 is 20.5 Å². The molecule has 0 unspecified atom stereocenters. The van der Waals surface area contributed by atoms with Gasteiger partial charge in [-0.1, -0.05) is 15.9 Å². The average Bonchev–Trinajstić information content (AvgIpc) is 2.56. The van der Waals surface area contributed by atoms with E-state index in [-0.39, 0.29) is 5.91 Å². The fraction of sp³-hybridized carbons (Fsp3) is 0.278. The number of unbranched alkanes of at least 4 members (excludes halogenated alkanes) is 1. The van der Waals surface area contributed by atoms with Crippen LogP contribution in [0.5, 0.6) is 11.5 Å². The highest BCUT2D eigenvalue weighted by molar-refractivity contribution is 9.10. The van der Waals surface area contributed by atoms with Gasteiger partial charge in [0.15, 0.2) is 0 Å². The quantitative estimate of drug-likeness (QED) is 0.520. The molecule has 2 aromatic carbocycles. The van der Waals surface area contributed by atoms with Gasteiger partial charge in [0.05, 0.1) is 19.4 Å². The topological polar surface area (TPSA) is 73.6 Å². The van der Waals surface area contributed by atoms with Crippen molar-refractivity contribution in [3.63, 3.8) is 0 Å². The molecule has 2 aromatic rings. The first-order chi connectivity index (χ1) is 11.6. The molecule has 0 aromatic heterocycles. The molecule has 128 valence electrons. The number of amides is 1. The number of halogens is 1. The number of anilines is 2. The first-order valence-corrected chi connectivity index (χ1v) is 8.49. The Hall–Kier alpha value is -2.21. The Morgan fingerprint density at radius 1 is 1.17 bits per heavy atom. The van der Waals surface area contributed by atoms with Crippen LogP contribution in [0.4, 0.5) is 11.4 Å². The van der Waals surface area contributed by atoms with Crippen molar-refractivity contribution in [2.75, 3.05) is 24.8 Å². The summed E-state index contributed by atoms with van der Waals surface area (Å²) in [4.78, 5) is 11.9. The molecule has 0 heterocycles. The minimum atomic E-state index is -0.0387. The van der Waals surface area contributed by atoms with E-state index in [9.17, 15) is 4.79 Å². The van der Waals surface area contributed by atoms with Crippen LogP contribution in [0.2, 0.25) is 0 Å². The molecule has 1 amide bonds. The highest BCUT2D eigenvalue weighted by atomic mass is 79.9. The lowest BCUT2D eigenvalue weighted by Gasteiger charge is -2.09. The van der Waals surface area contributed by atoms with E-state index in [1.807, 2.05) is 24.3 Å². The maximum absolute atomic E-state index is 11.9. The van der Waals surface area contributed by atoms with Crippen molar-refractivity contribution in [2.45, 2.75) is 19.3 Å². The predicted octanol–water partition coefficient (Wildman–Crippen LogP) is 4.23. The monoisotopic (exact) mass is 392 g/mol.